The number of benzene rings is 1. The fraction of sp³-hybridized carbons (Fsp3) is 0. The summed E-state index contributed by atoms with van der Waals surface area (Å²) >= 11 is 0. The maximum Gasteiger partial charge on any atom is 2.00 e. The average Bonchev–Trinajstić information content (AvgIpc) is 2.58. The standard InChI is InChI=1S/C8H5N2O.ClH.Mg/c1-2-4-7(5-3-1)8-10-9-6-11-8;;/h1-5H;1H;/q-1;;+2/p-1. The van der Waals surface area contributed by atoms with Crippen LogP contribution in [0.1, 0.15) is 0 Å². The Hall–Kier alpha value is -0.584. The van der Waals surface area contributed by atoms with Crippen molar-refractivity contribution in [2.45, 2.75) is 0 Å². The Morgan fingerprint density at radius 3 is 2.38 bits per heavy atom. The molecular weight excluding hydrogens is 200 g/mol. The van der Waals surface area contributed by atoms with E-state index in [9.17, 15) is 0 Å². The summed E-state index contributed by atoms with van der Waals surface area (Å²) in [6.45, 7) is 0. The number of rotatable bonds is 1. The van der Waals surface area contributed by atoms with Crippen LogP contribution in [0.4, 0.5) is 0 Å². The third kappa shape index (κ3) is 2.98. The molecular formula is C8H5ClMgN2O. The molecule has 0 aliphatic rings. The van der Waals surface area contributed by atoms with Crippen LogP contribution in [0.3, 0.4) is 0 Å². The molecule has 0 spiro atoms. The summed E-state index contributed by atoms with van der Waals surface area (Å²) < 4.78 is 4.87. The first kappa shape index (κ1) is 12.4. The Morgan fingerprint density at radius 2 is 1.85 bits per heavy atom. The number of hydrogen-bond acceptors (Lipinski definition) is 3. The number of halogens is 1. The van der Waals surface area contributed by atoms with Crippen LogP contribution in [-0.2, 0) is 0 Å². The number of nitrogens with zero attached hydrogens (tertiary/aromatic N) is 2. The second kappa shape index (κ2) is 5.96. The van der Waals surface area contributed by atoms with Gasteiger partial charge in [0, 0.05) is 0 Å². The Balaban J connectivity index is 0.000000720. The molecule has 0 bridgehead atoms. The monoisotopic (exact) mass is 204 g/mol. The van der Waals surface area contributed by atoms with Gasteiger partial charge < -0.3 is 16.8 Å². The van der Waals surface area contributed by atoms with E-state index in [1.54, 1.807) is 0 Å². The minimum Gasteiger partial charge on any atom is -1.00 e. The van der Waals surface area contributed by atoms with Gasteiger partial charge in [0.15, 0.2) is 0 Å². The molecule has 0 atom stereocenters. The van der Waals surface area contributed by atoms with Gasteiger partial charge in [-0.05, 0) is 5.56 Å². The normalized spacial score (nSPS) is 8.31. The van der Waals surface area contributed by atoms with Gasteiger partial charge in [-0.2, -0.15) is 0 Å². The topological polar surface area (TPSA) is 38.9 Å². The first-order chi connectivity index (χ1) is 5.47. The minimum atomic E-state index is 0. The van der Waals surface area contributed by atoms with Gasteiger partial charge >= 0.3 is 23.1 Å². The minimum absolute atomic E-state index is 0. The molecule has 3 nitrogen and oxygen atoms in total. The molecule has 0 unspecified atom stereocenters. The van der Waals surface area contributed by atoms with Gasteiger partial charge in [0.05, 0.1) is 12.3 Å². The van der Waals surface area contributed by atoms with Gasteiger partial charge in [-0.25, -0.2) is 10.2 Å². The van der Waals surface area contributed by atoms with Crippen molar-refractivity contribution in [1.29, 1.82) is 0 Å². The van der Waals surface area contributed by atoms with E-state index in [0.29, 0.717) is 5.89 Å². The fourth-order valence-electron chi connectivity index (χ4n) is 0.847. The van der Waals surface area contributed by atoms with Crippen LogP contribution >= 0.6 is 0 Å². The Morgan fingerprint density at radius 1 is 1.15 bits per heavy atom. The van der Waals surface area contributed by atoms with Gasteiger partial charge in [0.1, 0.15) is 0 Å². The van der Waals surface area contributed by atoms with Crippen LogP contribution < -0.4 is 12.4 Å². The molecule has 0 fully saturated rings. The van der Waals surface area contributed by atoms with E-state index >= 15 is 0 Å². The molecule has 62 valence electrons. The van der Waals surface area contributed by atoms with E-state index in [1.165, 1.54) is 0 Å². The van der Waals surface area contributed by atoms with Crippen LogP contribution in [-0.4, -0.2) is 33.3 Å². The van der Waals surface area contributed by atoms with Crippen LogP contribution in [0.25, 0.3) is 11.5 Å². The van der Waals surface area contributed by atoms with E-state index < -0.39 is 0 Å². The predicted octanol–water partition coefficient (Wildman–Crippen LogP) is -1.84. The molecule has 0 saturated heterocycles. The van der Waals surface area contributed by atoms with E-state index in [4.69, 9.17) is 4.42 Å². The van der Waals surface area contributed by atoms with E-state index in [-0.39, 0.29) is 35.5 Å². The molecule has 5 heteroatoms. The van der Waals surface area contributed by atoms with E-state index in [2.05, 4.69) is 16.6 Å². The Labute approximate surface area is 98.1 Å². The summed E-state index contributed by atoms with van der Waals surface area (Å²) in [7, 11) is 0. The zero-order chi connectivity index (χ0) is 7.52. The zero-order valence-electron chi connectivity index (χ0n) is 6.77. The van der Waals surface area contributed by atoms with Crippen molar-refractivity contribution in [2.75, 3.05) is 0 Å². The molecule has 2 aromatic rings. The molecule has 0 aliphatic heterocycles. The summed E-state index contributed by atoms with van der Waals surface area (Å²) in [5.41, 5.74) is 0.918. The maximum absolute atomic E-state index is 4.87. The number of aromatic nitrogens is 2. The van der Waals surface area contributed by atoms with Crippen LogP contribution in [0, 0.1) is 6.39 Å². The molecule has 0 N–H and O–H groups in total. The molecule has 1 aromatic carbocycles. The maximum atomic E-state index is 4.87. The largest absolute Gasteiger partial charge is 2.00 e. The summed E-state index contributed by atoms with van der Waals surface area (Å²) in [6, 6.07) is 9.57. The second-order valence-electron chi connectivity index (χ2n) is 2.06. The molecule has 0 saturated carbocycles. The van der Waals surface area contributed by atoms with Gasteiger partial charge in [0.25, 0.3) is 0 Å². The van der Waals surface area contributed by atoms with Gasteiger partial charge in [-0.1, -0.05) is 30.3 Å². The van der Waals surface area contributed by atoms with Crippen molar-refractivity contribution in [3.05, 3.63) is 36.7 Å². The van der Waals surface area contributed by atoms with Crippen molar-refractivity contribution in [1.82, 2.24) is 10.2 Å². The SMILES string of the molecule is [Cl-].[Mg+2].[c-]1nnc(-c2ccccc2)o1. The van der Waals surface area contributed by atoms with Crippen molar-refractivity contribution in [3.8, 4) is 11.5 Å². The van der Waals surface area contributed by atoms with Crippen LogP contribution in [0.5, 0.6) is 0 Å². The van der Waals surface area contributed by atoms with Gasteiger partial charge in [0.2, 0.25) is 0 Å². The smallest absolute Gasteiger partial charge is 1.00 e. The average molecular weight is 205 g/mol. The quantitative estimate of drug-likeness (QED) is 0.405. The van der Waals surface area contributed by atoms with Gasteiger partial charge in [-0.15, -0.1) is 0 Å². The number of hydrogen-bond donors (Lipinski definition) is 0. The van der Waals surface area contributed by atoms with Crippen LogP contribution in [0.15, 0.2) is 34.7 Å². The summed E-state index contributed by atoms with van der Waals surface area (Å²) in [5, 5.41) is 7.17. The van der Waals surface area contributed by atoms with Crippen LogP contribution in [0.2, 0.25) is 0 Å². The van der Waals surface area contributed by atoms with Crippen molar-refractivity contribution in [3.63, 3.8) is 0 Å². The Kier molecular flexibility index (Phi) is 5.69. The predicted molar refractivity (Wildman–Crippen MR) is 44.3 cm³/mol. The van der Waals surface area contributed by atoms with E-state index in [1.807, 2.05) is 30.3 Å². The van der Waals surface area contributed by atoms with Crippen molar-refractivity contribution < 1.29 is 16.8 Å². The first-order valence-corrected chi connectivity index (χ1v) is 3.22. The first-order valence-electron chi connectivity index (χ1n) is 3.22. The van der Waals surface area contributed by atoms with Crippen molar-refractivity contribution >= 4 is 23.1 Å². The third-order valence-corrected chi connectivity index (χ3v) is 1.34. The summed E-state index contributed by atoms with van der Waals surface area (Å²) in [6.07, 6.45) is 2.29. The summed E-state index contributed by atoms with van der Waals surface area (Å²) in [4.78, 5) is 0. The molecule has 0 amide bonds. The van der Waals surface area contributed by atoms with Crippen molar-refractivity contribution in [2.24, 2.45) is 0 Å². The fourth-order valence-corrected chi connectivity index (χ4v) is 0.847. The second-order valence-corrected chi connectivity index (χ2v) is 2.06. The summed E-state index contributed by atoms with van der Waals surface area (Å²) in [5.74, 6) is 0.505. The van der Waals surface area contributed by atoms with Gasteiger partial charge in [-0.3, -0.25) is 0 Å². The Bertz CT molecular complexity index is 325. The third-order valence-electron chi connectivity index (χ3n) is 1.34. The molecule has 1 aromatic heterocycles. The zero-order valence-corrected chi connectivity index (χ0v) is 8.94. The molecule has 1 heterocycles. The molecule has 13 heavy (non-hydrogen) atoms. The molecule has 0 aliphatic carbocycles. The molecule has 2 rings (SSSR count). The molecule has 0 radical (unpaired) electrons. The van der Waals surface area contributed by atoms with E-state index in [0.717, 1.165) is 5.56 Å².